The first kappa shape index (κ1) is 14.9. The molecule has 0 saturated heterocycles. The molecular formula is C14H14Cl2N2O2. The van der Waals surface area contributed by atoms with Gasteiger partial charge < -0.3 is 15.2 Å². The molecule has 4 nitrogen and oxygen atoms in total. The maximum absolute atomic E-state index is 5.97. The molecule has 0 aliphatic carbocycles. The second-order valence-corrected chi connectivity index (χ2v) is 4.81. The van der Waals surface area contributed by atoms with Crippen molar-refractivity contribution in [3.05, 3.63) is 52.1 Å². The first-order valence-electron chi connectivity index (χ1n) is 6.02. The molecule has 0 atom stereocenters. The first-order chi connectivity index (χ1) is 9.68. The van der Waals surface area contributed by atoms with Crippen LogP contribution >= 0.6 is 23.2 Å². The van der Waals surface area contributed by atoms with Crippen molar-refractivity contribution in [2.75, 3.05) is 18.9 Å². The lowest BCUT2D eigenvalue weighted by Crippen LogP contribution is -2.08. The highest BCUT2D eigenvalue weighted by Crippen LogP contribution is 2.33. The number of nitrogens with two attached hydrogens (primary N) is 1. The van der Waals surface area contributed by atoms with Crippen molar-refractivity contribution in [3.8, 4) is 5.88 Å². The van der Waals surface area contributed by atoms with E-state index in [1.165, 1.54) is 6.20 Å². The third-order valence-electron chi connectivity index (χ3n) is 2.55. The molecule has 0 aliphatic heterocycles. The Labute approximate surface area is 127 Å². The summed E-state index contributed by atoms with van der Waals surface area (Å²) >= 11 is 11.8. The molecule has 1 heterocycles. The number of nitrogens with zero attached hydrogens (tertiary/aromatic N) is 1. The van der Waals surface area contributed by atoms with Gasteiger partial charge in [0.2, 0.25) is 5.88 Å². The minimum atomic E-state index is 0.223. The van der Waals surface area contributed by atoms with Crippen LogP contribution in [0.15, 0.2) is 36.5 Å². The number of aromatic nitrogens is 1. The SMILES string of the molecule is Nc1c(Cl)cnc(OCCOCc2ccccc2)c1Cl. The Kier molecular flexibility index (Phi) is 5.47. The van der Waals surface area contributed by atoms with Crippen molar-refractivity contribution in [2.45, 2.75) is 6.61 Å². The maximum Gasteiger partial charge on any atom is 0.234 e. The van der Waals surface area contributed by atoms with Crippen LogP contribution in [0.4, 0.5) is 5.69 Å². The normalized spacial score (nSPS) is 10.5. The van der Waals surface area contributed by atoms with Crippen molar-refractivity contribution >= 4 is 28.9 Å². The predicted octanol–water partition coefficient (Wildman–Crippen LogP) is 3.57. The van der Waals surface area contributed by atoms with E-state index in [0.717, 1.165) is 5.56 Å². The molecule has 20 heavy (non-hydrogen) atoms. The average molecular weight is 313 g/mol. The highest BCUT2D eigenvalue weighted by Gasteiger charge is 2.10. The van der Waals surface area contributed by atoms with Gasteiger partial charge in [0.15, 0.2) is 0 Å². The summed E-state index contributed by atoms with van der Waals surface area (Å²) in [5.74, 6) is 0.261. The van der Waals surface area contributed by atoms with Crippen molar-refractivity contribution < 1.29 is 9.47 Å². The molecule has 106 valence electrons. The van der Waals surface area contributed by atoms with Gasteiger partial charge in [-0.05, 0) is 5.56 Å². The summed E-state index contributed by atoms with van der Waals surface area (Å²) in [4.78, 5) is 3.97. The predicted molar refractivity (Wildman–Crippen MR) is 80.3 cm³/mol. The lowest BCUT2D eigenvalue weighted by molar-refractivity contribution is 0.0875. The monoisotopic (exact) mass is 312 g/mol. The molecule has 0 amide bonds. The van der Waals surface area contributed by atoms with E-state index < -0.39 is 0 Å². The molecule has 0 aliphatic rings. The van der Waals surface area contributed by atoms with Crippen LogP contribution in [0.3, 0.4) is 0 Å². The largest absolute Gasteiger partial charge is 0.474 e. The van der Waals surface area contributed by atoms with Crippen molar-refractivity contribution in [1.82, 2.24) is 4.98 Å². The lowest BCUT2D eigenvalue weighted by atomic mass is 10.2. The third kappa shape index (κ3) is 4.00. The number of hydrogen-bond acceptors (Lipinski definition) is 4. The van der Waals surface area contributed by atoms with Gasteiger partial charge in [-0.2, -0.15) is 0 Å². The fraction of sp³-hybridized carbons (Fsp3) is 0.214. The molecule has 0 unspecified atom stereocenters. The van der Waals surface area contributed by atoms with E-state index in [4.69, 9.17) is 38.4 Å². The molecule has 0 saturated carbocycles. The highest BCUT2D eigenvalue weighted by molar-refractivity contribution is 6.39. The van der Waals surface area contributed by atoms with Gasteiger partial charge in [-0.1, -0.05) is 53.5 Å². The van der Waals surface area contributed by atoms with Gasteiger partial charge in [0.1, 0.15) is 11.6 Å². The summed E-state index contributed by atoms with van der Waals surface area (Å²) in [5, 5.41) is 0.531. The van der Waals surface area contributed by atoms with Crippen LogP contribution < -0.4 is 10.5 Å². The number of benzene rings is 1. The van der Waals surface area contributed by atoms with E-state index in [-0.39, 0.29) is 16.6 Å². The van der Waals surface area contributed by atoms with Crippen LogP contribution in [0.1, 0.15) is 5.56 Å². The summed E-state index contributed by atoms with van der Waals surface area (Å²) in [7, 11) is 0. The summed E-state index contributed by atoms with van der Waals surface area (Å²) in [6, 6.07) is 9.90. The zero-order valence-electron chi connectivity index (χ0n) is 10.7. The summed E-state index contributed by atoms with van der Waals surface area (Å²) in [6.45, 7) is 1.30. The number of halogens is 2. The topological polar surface area (TPSA) is 57.4 Å². The van der Waals surface area contributed by atoms with Crippen LogP contribution in [0, 0.1) is 0 Å². The Morgan fingerprint density at radius 2 is 1.85 bits per heavy atom. The van der Waals surface area contributed by atoms with Crippen LogP contribution in [-0.4, -0.2) is 18.2 Å². The van der Waals surface area contributed by atoms with Crippen molar-refractivity contribution in [1.29, 1.82) is 0 Å². The van der Waals surface area contributed by atoms with Gasteiger partial charge in [-0.15, -0.1) is 0 Å². The Hall–Kier alpha value is -1.49. The number of nitrogen functional groups attached to an aromatic ring is 1. The van der Waals surface area contributed by atoms with Crippen LogP contribution in [0.2, 0.25) is 10.0 Å². The van der Waals surface area contributed by atoms with Crippen LogP contribution in [0.25, 0.3) is 0 Å². The summed E-state index contributed by atoms with van der Waals surface area (Å²) in [5.41, 5.74) is 7.05. The molecule has 0 fully saturated rings. The number of pyridine rings is 1. The van der Waals surface area contributed by atoms with E-state index in [1.54, 1.807) is 0 Å². The second-order valence-electron chi connectivity index (χ2n) is 4.03. The fourth-order valence-electron chi connectivity index (χ4n) is 1.52. The van der Waals surface area contributed by atoms with Crippen LogP contribution in [-0.2, 0) is 11.3 Å². The maximum atomic E-state index is 5.97. The molecule has 6 heteroatoms. The summed E-state index contributed by atoms with van der Waals surface area (Å²) < 4.78 is 10.9. The first-order valence-corrected chi connectivity index (χ1v) is 6.78. The molecule has 0 spiro atoms. The van der Waals surface area contributed by atoms with Gasteiger partial charge >= 0.3 is 0 Å². The molecule has 1 aromatic carbocycles. The minimum absolute atomic E-state index is 0.223. The van der Waals surface area contributed by atoms with Gasteiger partial charge in [0, 0.05) is 0 Å². The fourth-order valence-corrected chi connectivity index (χ4v) is 1.92. The van der Waals surface area contributed by atoms with E-state index in [9.17, 15) is 0 Å². The van der Waals surface area contributed by atoms with Crippen molar-refractivity contribution in [3.63, 3.8) is 0 Å². The standard InChI is InChI=1S/C14H14Cl2N2O2/c15-11-8-18-14(12(16)13(11)17)20-7-6-19-9-10-4-2-1-3-5-10/h1-5,8H,6-7,9H2,(H2,17,18). The quantitative estimate of drug-likeness (QED) is 0.828. The Morgan fingerprint density at radius 1 is 1.10 bits per heavy atom. The third-order valence-corrected chi connectivity index (χ3v) is 3.22. The van der Waals surface area contributed by atoms with E-state index in [0.29, 0.717) is 24.8 Å². The number of anilines is 1. The van der Waals surface area contributed by atoms with E-state index in [2.05, 4.69) is 4.98 Å². The molecular weight excluding hydrogens is 299 g/mol. The van der Waals surface area contributed by atoms with Crippen LogP contribution in [0.5, 0.6) is 5.88 Å². The smallest absolute Gasteiger partial charge is 0.234 e. The number of rotatable bonds is 6. The van der Waals surface area contributed by atoms with Crippen molar-refractivity contribution in [2.24, 2.45) is 0 Å². The number of hydrogen-bond donors (Lipinski definition) is 1. The average Bonchev–Trinajstić information content (AvgIpc) is 2.48. The minimum Gasteiger partial charge on any atom is -0.474 e. The van der Waals surface area contributed by atoms with E-state index in [1.807, 2.05) is 30.3 Å². The van der Waals surface area contributed by atoms with Gasteiger partial charge in [-0.3, -0.25) is 0 Å². The highest BCUT2D eigenvalue weighted by atomic mass is 35.5. The Bertz CT molecular complexity index is 565. The Morgan fingerprint density at radius 3 is 2.60 bits per heavy atom. The van der Waals surface area contributed by atoms with Gasteiger partial charge in [0.05, 0.1) is 30.1 Å². The molecule has 2 aromatic rings. The van der Waals surface area contributed by atoms with E-state index >= 15 is 0 Å². The second kappa shape index (κ2) is 7.33. The summed E-state index contributed by atoms with van der Waals surface area (Å²) in [6.07, 6.45) is 1.41. The molecule has 0 radical (unpaired) electrons. The zero-order valence-corrected chi connectivity index (χ0v) is 12.2. The lowest BCUT2D eigenvalue weighted by Gasteiger charge is -2.09. The molecule has 2 N–H and O–H groups in total. The Balaban J connectivity index is 1.75. The van der Waals surface area contributed by atoms with Gasteiger partial charge in [-0.25, -0.2) is 4.98 Å². The number of ether oxygens (including phenoxy) is 2. The zero-order chi connectivity index (χ0) is 14.4. The molecule has 2 rings (SSSR count). The molecule has 1 aromatic heterocycles. The molecule has 0 bridgehead atoms. The van der Waals surface area contributed by atoms with Gasteiger partial charge in [0.25, 0.3) is 0 Å².